The third kappa shape index (κ3) is 1.87. The molecule has 4 atom stereocenters. The van der Waals surface area contributed by atoms with Crippen molar-refractivity contribution in [3.05, 3.63) is 29.3 Å². The first-order valence-corrected chi connectivity index (χ1v) is 12.2. The summed E-state index contributed by atoms with van der Waals surface area (Å²) in [6, 6.07) is 3.73. The Kier molecular flexibility index (Phi) is 3.32. The Bertz CT molecular complexity index is 1270. The average molecular weight is 464 g/mol. The number of piperazine rings is 1. The lowest BCUT2D eigenvalue weighted by atomic mass is 9.57. The maximum Gasteiger partial charge on any atom is 0.262 e. The highest BCUT2D eigenvalue weighted by Crippen LogP contribution is 2.71. The van der Waals surface area contributed by atoms with Gasteiger partial charge in [0.05, 0.1) is 11.1 Å². The summed E-state index contributed by atoms with van der Waals surface area (Å²) in [4.78, 5) is 43.1. The van der Waals surface area contributed by atoms with E-state index in [9.17, 15) is 19.6 Å². The topological polar surface area (TPSA) is 99.2 Å². The molecule has 34 heavy (non-hydrogen) atoms. The molecule has 6 aliphatic heterocycles. The highest BCUT2D eigenvalue weighted by molar-refractivity contribution is 6.13. The van der Waals surface area contributed by atoms with Gasteiger partial charge in [-0.25, -0.2) is 0 Å². The molecule has 2 bridgehead atoms. The van der Waals surface area contributed by atoms with Gasteiger partial charge in [-0.05, 0) is 68.7 Å². The zero-order chi connectivity index (χ0) is 24.1. The number of carbonyl (C=O) groups excluding carboxylic acids is 3. The van der Waals surface area contributed by atoms with E-state index >= 15 is 0 Å². The van der Waals surface area contributed by atoms with Gasteiger partial charge in [0.15, 0.2) is 0 Å². The summed E-state index contributed by atoms with van der Waals surface area (Å²) >= 11 is 0. The van der Waals surface area contributed by atoms with Crippen molar-refractivity contribution < 1.29 is 24.3 Å². The molecule has 0 radical (unpaired) electrons. The highest BCUT2D eigenvalue weighted by atomic mass is 16.5. The highest BCUT2D eigenvalue weighted by Gasteiger charge is 2.81. The van der Waals surface area contributed by atoms with Gasteiger partial charge in [-0.1, -0.05) is 19.9 Å². The number of piperidine rings is 2. The predicted octanol–water partition coefficient (Wildman–Crippen LogP) is 2.52. The molecule has 8 rings (SSSR count). The molecule has 6 heterocycles. The van der Waals surface area contributed by atoms with E-state index in [1.54, 1.807) is 4.90 Å². The maximum atomic E-state index is 14.0. The van der Waals surface area contributed by atoms with Crippen LogP contribution in [0.15, 0.2) is 18.2 Å². The lowest BCUT2D eigenvalue weighted by Gasteiger charge is -2.59. The second-order valence-corrected chi connectivity index (χ2v) is 12.1. The number of nitrogens with one attached hydrogen (secondary N) is 1. The number of hydrogen-bond acceptors (Lipinski definition) is 5. The monoisotopic (exact) mass is 463 g/mol. The number of benzene rings is 1. The molecule has 1 aromatic rings. The van der Waals surface area contributed by atoms with Gasteiger partial charge in [0.1, 0.15) is 22.4 Å². The predicted molar refractivity (Wildman–Crippen MR) is 122 cm³/mol. The van der Waals surface area contributed by atoms with Crippen molar-refractivity contribution in [1.29, 1.82) is 0 Å². The van der Waals surface area contributed by atoms with Crippen LogP contribution in [0.4, 0.5) is 5.69 Å². The van der Waals surface area contributed by atoms with Crippen molar-refractivity contribution in [2.45, 2.75) is 75.5 Å². The Morgan fingerprint density at radius 1 is 1.12 bits per heavy atom. The Morgan fingerprint density at radius 3 is 2.65 bits per heavy atom. The number of amides is 3. The molecule has 8 nitrogen and oxygen atoms in total. The molecule has 5 fully saturated rings. The summed E-state index contributed by atoms with van der Waals surface area (Å²) in [5, 5.41) is 15.1. The van der Waals surface area contributed by atoms with Crippen LogP contribution in [0.1, 0.15) is 64.5 Å². The van der Waals surface area contributed by atoms with Gasteiger partial charge >= 0.3 is 0 Å². The van der Waals surface area contributed by atoms with Crippen molar-refractivity contribution in [1.82, 2.24) is 10.2 Å². The molecule has 4 saturated heterocycles. The van der Waals surface area contributed by atoms with Crippen molar-refractivity contribution in [2.75, 3.05) is 11.6 Å². The summed E-state index contributed by atoms with van der Waals surface area (Å²) in [7, 11) is 0. The fourth-order valence-electron chi connectivity index (χ4n) is 8.34. The van der Waals surface area contributed by atoms with Crippen LogP contribution < -0.4 is 15.1 Å². The number of rotatable bonds is 0. The molecule has 3 spiro atoms. The number of fused-ring (bicyclic) bond motifs is 5. The van der Waals surface area contributed by atoms with Crippen molar-refractivity contribution in [3.8, 4) is 5.75 Å². The summed E-state index contributed by atoms with van der Waals surface area (Å²) in [5.41, 5.74) is -2.51. The second kappa shape index (κ2) is 5.51. The van der Waals surface area contributed by atoms with E-state index in [1.165, 1.54) is 0 Å². The Hall–Kier alpha value is -2.87. The second-order valence-electron chi connectivity index (χ2n) is 12.1. The first-order chi connectivity index (χ1) is 15.9. The summed E-state index contributed by atoms with van der Waals surface area (Å²) in [6.07, 6.45) is 5.98. The van der Waals surface area contributed by atoms with Crippen LogP contribution in [0.3, 0.4) is 0 Å². The SMILES string of the molecule is CC1(C)C=Cc2c(ccc3c2N(O)C(=O)[C@@]32C[C@]34NC(=O)[C@]5(CCCN5C3=O)C[C@@H]4C2(C)C)O1. The van der Waals surface area contributed by atoms with Crippen LogP contribution >= 0.6 is 0 Å². The molecule has 1 saturated carbocycles. The molecule has 1 aromatic carbocycles. The lowest BCUT2D eigenvalue weighted by molar-refractivity contribution is -0.175. The van der Waals surface area contributed by atoms with Crippen LogP contribution in [-0.4, -0.2) is 51.1 Å². The number of carbonyl (C=O) groups is 3. The third-order valence-electron chi connectivity index (χ3n) is 9.96. The standard InChI is InChI=1S/C26H29N3O5/c1-22(2)10-8-14-16(34-22)7-6-15-18(14)29(33)20(31)25(15)13-26-17(23(25,3)4)12-24(19(30)27-26)9-5-11-28(24)21(26)32/h6-8,10,17,33H,5,9,11-13H2,1-4H3,(H,27,30)/t17-,24+,25-,26-/m1/s1. The van der Waals surface area contributed by atoms with E-state index in [-0.39, 0.29) is 24.2 Å². The summed E-state index contributed by atoms with van der Waals surface area (Å²) < 4.78 is 6.10. The normalized spacial score (nSPS) is 39.7. The van der Waals surface area contributed by atoms with Crippen LogP contribution in [0.5, 0.6) is 5.75 Å². The Balaban J connectivity index is 1.46. The van der Waals surface area contributed by atoms with E-state index < -0.39 is 33.4 Å². The van der Waals surface area contributed by atoms with Gasteiger partial charge in [-0.2, -0.15) is 5.06 Å². The molecule has 8 heteroatoms. The van der Waals surface area contributed by atoms with Crippen LogP contribution in [0.2, 0.25) is 0 Å². The smallest absolute Gasteiger partial charge is 0.262 e. The molecule has 0 unspecified atom stereocenters. The van der Waals surface area contributed by atoms with Gasteiger partial charge in [-0.3, -0.25) is 19.6 Å². The van der Waals surface area contributed by atoms with Crippen LogP contribution in [0.25, 0.3) is 6.08 Å². The molecular formula is C26H29N3O5. The number of nitrogens with zero attached hydrogens (tertiary/aromatic N) is 2. The van der Waals surface area contributed by atoms with E-state index in [2.05, 4.69) is 5.32 Å². The Morgan fingerprint density at radius 2 is 1.88 bits per heavy atom. The van der Waals surface area contributed by atoms with Gasteiger partial charge in [0.2, 0.25) is 11.8 Å². The largest absolute Gasteiger partial charge is 0.483 e. The number of hydrogen-bond donors (Lipinski definition) is 2. The third-order valence-corrected chi connectivity index (χ3v) is 9.96. The summed E-state index contributed by atoms with van der Waals surface area (Å²) in [5.74, 6) is -0.217. The quantitative estimate of drug-likeness (QED) is 0.576. The first kappa shape index (κ1) is 20.5. The minimum atomic E-state index is -1.15. The van der Waals surface area contributed by atoms with Crippen molar-refractivity contribution >= 4 is 29.5 Å². The molecule has 1 aliphatic carbocycles. The average Bonchev–Trinajstić information content (AvgIpc) is 3.36. The fourth-order valence-corrected chi connectivity index (χ4v) is 8.34. The van der Waals surface area contributed by atoms with Crippen LogP contribution in [-0.2, 0) is 19.8 Å². The van der Waals surface area contributed by atoms with Gasteiger partial charge in [0, 0.05) is 18.0 Å². The van der Waals surface area contributed by atoms with E-state index in [4.69, 9.17) is 4.74 Å². The molecular weight excluding hydrogens is 434 g/mol. The van der Waals surface area contributed by atoms with Gasteiger partial charge in [0.25, 0.3) is 5.91 Å². The van der Waals surface area contributed by atoms with Crippen molar-refractivity contribution in [3.63, 3.8) is 0 Å². The number of ether oxygens (including phenoxy) is 1. The minimum absolute atomic E-state index is 0.0699. The van der Waals surface area contributed by atoms with Gasteiger partial charge < -0.3 is 15.0 Å². The lowest BCUT2D eigenvalue weighted by Crippen LogP contribution is -2.81. The molecule has 0 aromatic heterocycles. The zero-order valence-electron chi connectivity index (χ0n) is 19.9. The minimum Gasteiger partial charge on any atom is -0.483 e. The zero-order valence-corrected chi connectivity index (χ0v) is 19.9. The first-order valence-electron chi connectivity index (χ1n) is 12.2. The van der Waals surface area contributed by atoms with Crippen molar-refractivity contribution in [2.24, 2.45) is 11.3 Å². The Labute approximate surface area is 197 Å². The summed E-state index contributed by atoms with van der Waals surface area (Å²) in [6.45, 7) is 8.53. The maximum absolute atomic E-state index is 14.0. The number of hydroxylamine groups is 1. The fraction of sp³-hybridized carbons (Fsp3) is 0.577. The van der Waals surface area contributed by atoms with E-state index in [0.29, 0.717) is 42.0 Å². The molecule has 2 N–H and O–H groups in total. The number of anilines is 1. The van der Waals surface area contributed by atoms with E-state index in [1.807, 2.05) is 52.0 Å². The molecule has 7 aliphatic rings. The van der Waals surface area contributed by atoms with Gasteiger partial charge in [-0.15, -0.1) is 0 Å². The van der Waals surface area contributed by atoms with E-state index in [0.717, 1.165) is 11.5 Å². The molecule has 3 amide bonds. The van der Waals surface area contributed by atoms with Crippen LogP contribution in [0, 0.1) is 11.3 Å². The molecule has 178 valence electrons.